The first-order valence-corrected chi connectivity index (χ1v) is 10.3. The second kappa shape index (κ2) is 11.2. The molecule has 1 saturated heterocycles. The summed E-state index contributed by atoms with van der Waals surface area (Å²) in [6.07, 6.45) is 2.48. The third-order valence-electron chi connectivity index (χ3n) is 4.47. The second-order valence-corrected chi connectivity index (χ2v) is 8.77. The van der Waals surface area contributed by atoms with Crippen LogP contribution in [0.3, 0.4) is 0 Å². The van der Waals surface area contributed by atoms with E-state index in [1.54, 1.807) is 4.90 Å². The molecule has 0 spiro atoms. The van der Waals surface area contributed by atoms with Gasteiger partial charge in [-0.05, 0) is 66.3 Å². The fourth-order valence-electron chi connectivity index (χ4n) is 3.19. The molecule has 4 amide bonds. The summed E-state index contributed by atoms with van der Waals surface area (Å²) in [6, 6.07) is -0.410. The Bertz CT molecular complexity index is 531. The predicted octanol–water partition coefficient (Wildman–Crippen LogP) is 2.58. The van der Waals surface area contributed by atoms with Crippen molar-refractivity contribution in [2.24, 2.45) is 5.92 Å². The largest absolute Gasteiger partial charge is 0.444 e. The molecule has 0 aromatic carbocycles. The number of piperidine rings is 1. The number of rotatable bonds is 7. The molecule has 1 aliphatic heterocycles. The van der Waals surface area contributed by atoms with Crippen LogP contribution in [-0.4, -0.2) is 72.2 Å². The quantitative estimate of drug-likeness (QED) is 0.688. The van der Waals surface area contributed by atoms with E-state index in [-0.39, 0.29) is 30.5 Å². The predicted molar refractivity (Wildman–Crippen MR) is 109 cm³/mol. The molecule has 162 valence electrons. The van der Waals surface area contributed by atoms with Gasteiger partial charge >= 0.3 is 12.1 Å². The van der Waals surface area contributed by atoms with Gasteiger partial charge in [0.1, 0.15) is 5.60 Å². The van der Waals surface area contributed by atoms with Crippen LogP contribution in [0.5, 0.6) is 0 Å². The Hall–Kier alpha value is -1.83. The van der Waals surface area contributed by atoms with Crippen molar-refractivity contribution in [1.29, 1.82) is 0 Å². The van der Waals surface area contributed by atoms with Crippen molar-refractivity contribution >= 4 is 18.0 Å². The van der Waals surface area contributed by atoms with Crippen molar-refractivity contribution in [2.75, 3.05) is 32.7 Å². The third-order valence-corrected chi connectivity index (χ3v) is 4.47. The van der Waals surface area contributed by atoms with Crippen LogP contribution in [0.2, 0.25) is 0 Å². The highest BCUT2D eigenvalue weighted by Gasteiger charge is 2.29. The highest BCUT2D eigenvalue weighted by molar-refractivity contribution is 5.95. The molecule has 28 heavy (non-hydrogen) atoms. The molecule has 1 aliphatic rings. The summed E-state index contributed by atoms with van der Waals surface area (Å²) in [5.74, 6) is -0.0347. The topological polar surface area (TPSA) is 91.0 Å². The number of hydrogen-bond acceptors (Lipinski definition) is 5. The summed E-state index contributed by atoms with van der Waals surface area (Å²) in [7, 11) is 0. The smallest absolute Gasteiger partial charge is 0.410 e. The van der Waals surface area contributed by atoms with Crippen LogP contribution in [0.1, 0.15) is 60.8 Å². The Morgan fingerprint density at radius 1 is 1.25 bits per heavy atom. The van der Waals surface area contributed by atoms with E-state index >= 15 is 0 Å². The number of likely N-dealkylation sites (tertiary alicyclic amines) is 1. The summed E-state index contributed by atoms with van der Waals surface area (Å²) >= 11 is 0. The Morgan fingerprint density at radius 2 is 1.93 bits per heavy atom. The van der Waals surface area contributed by atoms with Crippen molar-refractivity contribution < 1.29 is 19.1 Å². The molecule has 8 nitrogen and oxygen atoms in total. The summed E-state index contributed by atoms with van der Waals surface area (Å²) in [6.45, 7) is 14.4. The first-order valence-electron chi connectivity index (χ1n) is 10.3. The molecule has 0 aromatic heterocycles. The molecule has 1 rings (SSSR count). The van der Waals surface area contributed by atoms with Gasteiger partial charge in [0.25, 0.3) is 0 Å². The molecule has 2 N–H and O–H groups in total. The number of carbonyl (C=O) groups is 3. The third kappa shape index (κ3) is 9.39. The molecule has 0 aliphatic carbocycles. The zero-order valence-corrected chi connectivity index (χ0v) is 18.3. The molecular formula is C20H38N4O4. The molecule has 1 unspecified atom stereocenters. The lowest BCUT2D eigenvalue weighted by molar-refractivity contribution is -0.121. The molecule has 1 atom stereocenters. The lowest BCUT2D eigenvalue weighted by Gasteiger charge is -2.37. The lowest BCUT2D eigenvalue weighted by atomic mass is 9.97. The molecule has 0 aromatic rings. The summed E-state index contributed by atoms with van der Waals surface area (Å²) in [4.78, 5) is 40.0. The minimum Gasteiger partial charge on any atom is -0.444 e. The van der Waals surface area contributed by atoms with Crippen LogP contribution < -0.4 is 10.6 Å². The van der Waals surface area contributed by atoms with Crippen molar-refractivity contribution in [3.8, 4) is 0 Å². The van der Waals surface area contributed by atoms with E-state index in [0.717, 1.165) is 32.4 Å². The zero-order valence-electron chi connectivity index (χ0n) is 18.3. The minimum atomic E-state index is -0.529. The van der Waals surface area contributed by atoms with Crippen LogP contribution in [0.4, 0.5) is 9.59 Å². The number of amides is 4. The number of carbonyl (C=O) groups excluding carboxylic acids is 3. The van der Waals surface area contributed by atoms with Gasteiger partial charge in [-0.15, -0.1) is 0 Å². The van der Waals surface area contributed by atoms with Gasteiger partial charge in [-0.2, -0.15) is 0 Å². The SMILES string of the molecule is CCCNC(=O)NC(=O)CN1CCCC(CN(C(=O)OC(C)(C)C)C(C)C)C1. The number of urea groups is 1. The average molecular weight is 399 g/mol. The summed E-state index contributed by atoms with van der Waals surface area (Å²) < 4.78 is 5.53. The van der Waals surface area contributed by atoms with E-state index < -0.39 is 11.6 Å². The first kappa shape index (κ1) is 24.2. The van der Waals surface area contributed by atoms with Gasteiger partial charge in [-0.25, -0.2) is 9.59 Å². The normalized spacial score (nSPS) is 17.9. The monoisotopic (exact) mass is 398 g/mol. The van der Waals surface area contributed by atoms with E-state index in [0.29, 0.717) is 13.1 Å². The number of ether oxygens (including phenoxy) is 1. The summed E-state index contributed by atoms with van der Waals surface area (Å²) in [5.41, 5.74) is -0.529. The van der Waals surface area contributed by atoms with Crippen molar-refractivity contribution in [3.63, 3.8) is 0 Å². The highest BCUT2D eigenvalue weighted by Crippen LogP contribution is 2.20. The van der Waals surface area contributed by atoms with Gasteiger partial charge in [0.05, 0.1) is 6.54 Å². The fraction of sp³-hybridized carbons (Fsp3) is 0.850. The lowest BCUT2D eigenvalue weighted by Crippen LogP contribution is -2.49. The van der Waals surface area contributed by atoms with E-state index in [9.17, 15) is 14.4 Å². The van der Waals surface area contributed by atoms with Crippen LogP contribution in [-0.2, 0) is 9.53 Å². The maximum atomic E-state index is 12.5. The Labute approximate surface area is 169 Å². The molecule has 0 saturated carbocycles. The van der Waals surface area contributed by atoms with Gasteiger partial charge in [0, 0.05) is 25.7 Å². The standard InChI is InChI=1S/C20H38N4O4/c1-7-10-21-18(26)22-17(25)14-23-11-8-9-16(12-23)13-24(15(2)3)19(27)28-20(4,5)6/h15-16H,7-14H2,1-6H3,(H2,21,22,25,26). The maximum absolute atomic E-state index is 12.5. The van der Waals surface area contributed by atoms with Crippen LogP contribution in [0.25, 0.3) is 0 Å². The number of imide groups is 1. The molecule has 1 heterocycles. The maximum Gasteiger partial charge on any atom is 0.410 e. The summed E-state index contributed by atoms with van der Waals surface area (Å²) in [5, 5.41) is 5.00. The second-order valence-electron chi connectivity index (χ2n) is 8.77. The Morgan fingerprint density at radius 3 is 2.50 bits per heavy atom. The van der Waals surface area contributed by atoms with Crippen LogP contribution in [0.15, 0.2) is 0 Å². The van der Waals surface area contributed by atoms with E-state index in [2.05, 4.69) is 10.6 Å². The van der Waals surface area contributed by atoms with Crippen LogP contribution >= 0.6 is 0 Å². The van der Waals surface area contributed by atoms with Gasteiger partial charge in [0.15, 0.2) is 0 Å². The molecule has 1 fully saturated rings. The van der Waals surface area contributed by atoms with Gasteiger partial charge in [0.2, 0.25) is 5.91 Å². The number of nitrogens with one attached hydrogen (secondary N) is 2. The number of hydrogen-bond donors (Lipinski definition) is 2. The van der Waals surface area contributed by atoms with Gasteiger partial charge in [-0.1, -0.05) is 6.92 Å². The van der Waals surface area contributed by atoms with Crippen LogP contribution in [0, 0.1) is 5.92 Å². The molecule has 8 heteroatoms. The van der Waals surface area contributed by atoms with Gasteiger partial charge in [-0.3, -0.25) is 15.0 Å². The molecular weight excluding hydrogens is 360 g/mol. The molecule has 0 bridgehead atoms. The zero-order chi connectivity index (χ0) is 21.3. The average Bonchev–Trinajstić information content (AvgIpc) is 2.56. The molecule has 0 radical (unpaired) electrons. The van der Waals surface area contributed by atoms with Crippen molar-refractivity contribution in [3.05, 3.63) is 0 Å². The Kier molecular flexibility index (Phi) is 9.72. The van der Waals surface area contributed by atoms with Crippen molar-refractivity contribution in [1.82, 2.24) is 20.4 Å². The first-order chi connectivity index (χ1) is 13.0. The highest BCUT2D eigenvalue weighted by atomic mass is 16.6. The van der Waals surface area contributed by atoms with Gasteiger partial charge < -0.3 is 15.0 Å². The van der Waals surface area contributed by atoms with Crippen molar-refractivity contribution in [2.45, 2.75) is 72.4 Å². The Balaban J connectivity index is 2.55. The van der Waals surface area contributed by atoms with E-state index in [1.165, 1.54) is 0 Å². The van der Waals surface area contributed by atoms with E-state index in [1.807, 2.05) is 46.4 Å². The van der Waals surface area contributed by atoms with E-state index in [4.69, 9.17) is 4.74 Å². The minimum absolute atomic E-state index is 0.0378. The number of nitrogens with zero attached hydrogens (tertiary/aromatic N) is 2. The fourth-order valence-corrected chi connectivity index (χ4v) is 3.19.